The summed E-state index contributed by atoms with van der Waals surface area (Å²) < 4.78 is 0. The third-order valence-corrected chi connectivity index (χ3v) is 3.46. The zero-order chi connectivity index (χ0) is 15.7. The molecule has 22 heavy (non-hydrogen) atoms. The Labute approximate surface area is 127 Å². The topological polar surface area (TPSA) is 91.5 Å². The number of hydrogen-bond donors (Lipinski definition) is 0. The minimum atomic E-state index is 0.543. The van der Waals surface area contributed by atoms with Gasteiger partial charge in [0.2, 0.25) is 11.6 Å². The molecule has 0 atom stereocenters. The number of pyridine rings is 1. The summed E-state index contributed by atoms with van der Waals surface area (Å²) in [5, 5.41) is 16.5. The zero-order valence-electron chi connectivity index (χ0n) is 12.9. The van der Waals surface area contributed by atoms with Crippen LogP contribution in [0.15, 0.2) is 18.2 Å². The average molecular weight is 294 g/mol. The van der Waals surface area contributed by atoms with E-state index in [0.717, 1.165) is 34.2 Å². The Morgan fingerprint density at radius 2 is 1.09 bits per heavy atom. The Balaban J connectivity index is 2.05. The fourth-order valence-corrected chi connectivity index (χ4v) is 1.87. The van der Waals surface area contributed by atoms with Crippen LogP contribution >= 0.6 is 0 Å². The molecule has 0 saturated carbocycles. The Morgan fingerprint density at radius 1 is 0.636 bits per heavy atom. The van der Waals surface area contributed by atoms with Crippen molar-refractivity contribution in [2.45, 2.75) is 27.7 Å². The maximum absolute atomic E-state index is 4.45. The molecule has 0 saturated heterocycles. The van der Waals surface area contributed by atoms with Crippen molar-refractivity contribution in [3.8, 4) is 23.0 Å². The lowest BCUT2D eigenvalue weighted by Gasteiger charge is -2.01. The summed E-state index contributed by atoms with van der Waals surface area (Å²) >= 11 is 0. The lowest BCUT2D eigenvalue weighted by molar-refractivity contribution is -0.352. The first kappa shape index (κ1) is 14.1. The second-order valence-corrected chi connectivity index (χ2v) is 5.09. The monoisotopic (exact) mass is 294 g/mol. The first-order valence-electron chi connectivity index (χ1n) is 6.93. The van der Waals surface area contributed by atoms with E-state index in [1.165, 1.54) is 0 Å². The van der Waals surface area contributed by atoms with Crippen molar-refractivity contribution in [2.75, 3.05) is 0 Å². The van der Waals surface area contributed by atoms with Crippen LogP contribution in [0.4, 0.5) is 0 Å². The predicted octanol–water partition coefficient (Wildman–Crippen LogP) is 1.44. The van der Waals surface area contributed by atoms with E-state index in [4.69, 9.17) is 0 Å². The molecule has 7 heteroatoms. The molecule has 0 spiro atoms. The van der Waals surface area contributed by atoms with E-state index in [1.807, 2.05) is 45.9 Å². The molecule has 0 aliphatic carbocycles. The Morgan fingerprint density at radius 3 is 1.50 bits per heavy atom. The SMILES string of the molecule is Cc1nnc(-c2cccc(-c3nnc(C)c(C)n3)[nH+]2)nc1C. The summed E-state index contributed by atoms with van der Waals surface area (Å²) in [4.78, 5) is 12.1. The van der Waals surface area contributed by atoms with Crippen LogP contribution in [0, 0.1) is 27.7 Å². The van der Waals surface area contributed by atoms with Crippen LogP contribution in [-0.4, -0.2) is 30.4 Å². The third kappa shape index (κ3) is 2.65. The highest BCUT2D eigenvalue weighted by Gasteiger charge is 2.16. The van der Waals surface area contributed by atoms with E-state index in [1.54, 1.807) is 0 Å². The van der Waals surface area contributed by atoms with Gasteiger partial charge in [0.25, 0.3) is 11.4 Å². The molecule has 0 unspecified atom stereocenters. The molecular weight excluding hydrogens is 278 g/mol. The molecule has 0 amide bonds. The van der Waals surface area contributed by atoms with Crippen LogP contribution in [0.3, 0.4) is 0 Å². The van der Waals surface area contributed by atoms with E-state index in [9.17, 15) is 0 Å². The van der Waals surface area contributed by atoms with E-state index in [-0.39, 0.29) is 0 Å². The van der Waals surface area contributed by atoms with E-state index < -0.39 is 0 Å². The van der Waals surface area contributed by atoms with Crippen LogP contribution in [0.5, 0.6) is 0 Å². The molecule has 0 fully saturated rings. The molecule has 3 heterocycles. The molecule has 110 valence electrons. The van der Waals surface area contributed by atoms with Gasteiger partial charge in [0.15, 0.2) is 0 Å². The van der Waals surface area contributed by atoms with Crippen LogP contribution in [0.1, 0.15) is 22.8 Å². The number of aromatic amines is 1. The van der Waals surface area contributed by atoms with Gasteiger partial charge in [0.05, 0.1) is 22.8 Å². The highest BCUT2D eigenvalue weighted by Crippen LogP contribution is 2.14. The number of nitrogens with one attached hydrogen (secondary N) is 1. The first-order valence-corrected chi connectivity index (χ1v) is 6.93. The molecule has 0 aromatic carbocycles. The molecule has 0 radical (unpaired) electrons. The van der Waals surface area contributed by atoms with Gasteiger partial charge in [-0.05, 0) is 33.8 Å². The van der Waals surface area contributed by atoms with Crippen LogP contribution in [-0.2, 0) is 0 Å². The number of aryl methyl sites for hydroxylation is 4. The third-order valence-electron chi connectivity index (χ3n) is 3.46. The highest BCUT2D eigenvalue weighted by molar-refractivity contribution is 5.50. The van der Waals surface area contributed by atoms with Crippen LogP contribution in [0.2, 0.25) is 0 Å². The van der Waals surface area contributed by atoms with Crippen molar-refractivity contribution < 1.29 is 4.98 Å². The molecule has 0 bridgehead atoms. The van der Waals surface area contributed by atoms with Crippen molar-refractivity contribution in [1.82, 2.24) is 30.4 Å². The number of aromatic nitrogens is 7. The quantitative estimate of drug-likeness (QED) is 0.710. The fraction of sp³-hybridized carbons (Fsp3) is 0.267. The van der Waals surface area contributed by atoms with Gasteiger partial charge in [0.1, 0.15) is 0 Å². The number of H-pyrrole nitrogens is 1. The molecule has 3 aromatic rings. The molecule has 1 N–H and O–H groups in total. The van der Waals surface area contributed by atoms with Gasteiger partial charge in [-0.3, -0.25) is 0 Å². The van der Waals surface area contributed by atoms with Gasteiger partial charge in [0, 0.05) is 12.1 Å². The van der Waals surface area contributed by atoms with Gasteiger partial charge >= 0.3 is 0 Å². The lowest BCUT2D eigenvalue weighted by atomic mass is 10.2. The van der Waals surface area contributed by atoms with Crippen molar-refractivity contribution in [3.63, 3.8) is 0 Å². The normalized spacial score (nSPS) is 10.7. The minimum absolute atomic E-state index is 0.543. The van der Waals surface area contributed by atoms with Gasteiger partial charge < -0.3 is 0 Å². The summed E-state index contributed by atoms with van der Waals surface area (Å²) in [5.74, 6) is 1.09. The first-order chi connectivity index (χ1) is 10.5. The fourth-order valence-electron chi connectivity index (χ4n) is 1.87. The largest absolute Gasteiger partial charge is 0.251 e. The summed E-state index contributed by atoms with van der Waals surface area (Å²) in [6.07, 6.45) is 0. The van der Waals surface area contributed by atoms with Gasteiger partial charge in [-0.1, -0.05) is 0 Å². The van der Waals surface area contributed by atoms with Gasteiger partial charge in [-0.2, -0.15) is 15.2 Å². The summed E-state index contributed by atoms with van der Waals surface area (Å²) in [5.41, 5.74) is 4.87. The van der Waals surface area contributed by atoms with Gasteiger partial charge in [-0.25, -0.2) is 9.97 Å². The van der Waals surface area contributed by atoms with E-state index in [2.05, 4.69) is 35.3 Å². The molecule has 0 aliphatic heterocycles. The lowest BCUT2D eigenvalue weighted by Crippen LogP contribution is -2.15. The van der Waals surface area contributed by atoms with Crippen LogP contribution < -0.4 is 4.98 Å². The average Bonchev–Trinajstić information content (AvgIpc) is 2.53. The second-order valence-electron chi connectivity index (χ2n) is 5.09. The van der Waals surface area contributed by atoms with Crippen LogP contribution in [0.25, 0.3) is 23.0 Å². The van der Waals surface area contributed by atoms with Gasteiger partial charge in [-0.15, -0.1) is 10.2 Å². The molecule has 0 aliphatic rings. The Kier molecular flexibility index (Phi) is 3.54. The zero-order valence-corrected chi connectivity index (χ0v) is 12.9. The van der Waals surface area contributed by atoms with E-state index in [0.29, 0.717) is 11.6 Å². The van der Waals surface area contributed by atoms with Crippen molar-refractivity contribution in [1.29, 1.82) is 0 Å². The summed E-state index contributed by atoms with van der Waals surface area (Å²) in [7, 11) is 0. The number of rotatable bonds is 2. The summed E-state index contributed by atoms with van der Waals surface area (Å²) in [6, 6.07) is 5.69. The van der Waals surface area contributed by atoms with Crippen molar-refractivity contribution >= 4 is 0 Å². The molecule has 7 nitrogen and oxygen atoms in total. The highest BCUT2D eigenvalue weighted by atomic mass is 15.2. The number of hydrogen-bond acceptors (Lipinski definition) is 6. The number of nitrogens with zero attached hydrogens (tertiary/aromatic N) is 6. The molecule has 3 aromatic heterocycles. The molecule has 3 rings (SSSR count). The summed E-state index contributed by atoms with van der Waals surface area (Å²) in [6.45, 7) is 7.59. The standard InChI is InChI=1S/C15H15N7/c1-8-10(3)19-21-14(16-8)12-6-5-7-13(18-12)15-17-9(2)11(4)20-22-15/h5-7H,1-4H3/p+1. The molecular formula is C15H16N7+. The second kappa shape index (κ2) is 5.51. The van der Waals surface area contributed by atoms with Crippen molar-refractivity contribution in [3.05, 3.63) is 41.0 Å². The minimum Gasteiger partial charge on any atom is -0.225 e. The Hall–Kier alpha value is -2.83. The Bertz CT molecular complexity index is 778. The maximum Gasteiger partial charge on any atom is 0.251 e. The smallest absolute Gasteiger partial charge is 0.225 e. The predicted molar refractivity (Wildman–Crippen MR) is 79.6 cm³/mol. The van der Waals surface area contributed by atoms with Crippen molar-refractivity contribution in [2.24, 2.45) is 0 Å². The maximum atomic E-state index is 4.45. The van der Waals surface area contributed by atoms with E-state index >= 15 is 0 Å².